The van der Waals surface area contributed by atoms with Crippen LogP contribution in [0.2, 0.25) is 0 Å². The first kappa shape index (κ1) is 28.5. The molecular formula is C25H35N7O6. The molecule has 3 rings (SSSR count). The van der Waals surface area contributed by atoms with Gasteiger partial charge in [-0.15, -0.1) is 5.10 Å². The molecule has 38 heavy (non-hydrogen) atoms. The van der Waals surface area contributed by atoms with E-state index in [0.717, 1.165) is 11.3 Å². The number of carbonyl (C=O) groups is 2. The Morgan fingerprint density at radius 2 is 1.50 bits per heavy atom. The minimum Gasteiger partial charge on any atom is -0.491 e. The van der Waals surface area contributed by atoms with Gasteiger partial charge < -0.3 is 25.4 Å². The van der Waals surface area contributed by atoms with E-state index in [1.807, 2.05) is 52.0 Å². The van der Waals surface area contributed by atoms with E-state index >= 15 is 0 Å². The summed E-state index contributed by atoms with van der Waals surface area (Å²) < 4.78 is 11.3. The van der Waals surface area contributed by atoms with Crippen LogP contribution in [0.15, 0.2) is 53.6 Å². The van der Waals surface area contributed by atoms with Crippen molar-refractivity contribution in [3.63, 3.8) is 0 Å². The molecule has 2 aromatic carbocycles. The number of ether oxygens (including phenoxy) is 2. The third kappa shape index (κ3) is 8.23. The predicted octanol–water partition coefficient (Wildman–Crippen LogP) is 1.62. The second kappa shape index (κ2) is 12.9. The number of guanidine groups is 1. The lowest BCUT2D eigenvalue weighted by Crippen LogP contribution is -2.69. The fourth-order valence-corrected chi connectivity index (χ4v) is 3.54. The van der Waals surface area contributed by atoms with Gasteiger partial charge in [-0.1, -0.05) is 24.3 Å². The number of nitrogens with two attached hydrogens (primary N) is 1. The summed E-state index contributed by atoms with van der Waals surface area (Å²) in [5.74, 6) is -1.13. The highest BCUT2D eigenvalue weighted by Gasteiger charge is 2.29. The average Bonchev–Trinajstić information content (AvgIpc) is 2.80. The van der Waals surface area contributed by atoms with Crippen LogP contribution in [0.3, 0.4) is 0 Å². The van der Waals surface area contributed by atoms with Crippen molar-refractivity contribution in [2.45, 2.75) is 64.7 Å². The van der Waals surface area contributed by atoms with Crippen LogP contribution in [0.25, 0.3) is 0 Å². The molecule has 0 aliphatic carbocycles. The number of carboxylic acid groups (broad SMARTS) is 2. The molecule has 13 nitrogen and oxygen atoms in total. The van der Waals surface area contributed by atoms with Crippen molar-refractivity contribution in [1.82, 2.24) is 26.7 Å². The highest BCUT2D eigenvalue weighted by atomic mass is 16.5. The monoisotopic (exact) mass is 529 g/mol. The number of hydrazone groups is 1. The molecule has 0 saturated carbocycles. The lowest BCUT2D eigenvalue weighted by atomic mass is 10.1. The van der Waals surface area contributed by atoms with E-state index < -0.39 is 30.6 Å². The summed E-state index contributed by atoms with van der Waals surface area (Å²) in [5.41, 5.74) is 16.7. The van der Waals surface area contributed by atoms with Gasteiger partial charge in [0.15, 0.2) is 0 Å². The number of nitrogens with one attached hydrogen (secondary N) is 4. The van der Waals surface area contributed by atoms with E-state index in [0.29, 0.717) is 11.3 Å². The molecule has 1 aliphatic rings. The van der Waals surface area contributed by atoms with Crippen LogP contribution in [0.4, 0.5) is 0 Å². The van der Waals surface area contributed by atoms with Gasteiger partial charge in [0.1, 0.15) is 29.9 Å². The zero-order valence-electron chi connectivity index (χ0n) is 21.7. The molecule has 206 valence electrons. The normalized spacial score (nSPS) is 15.6. The molecule has 2 unspecified atom stereocenters. The highest BCUT2D eigenvalue weighted by Crippen LogP contribution is 2.21. The van der Waals surface area contributed by atoms with E-state index in [1.54, 1.807) is 24.3 Å². The fourth-order valence-electron chi connectivity index (χ4n) is 3.54. The summed E-state index contributed by atoms with van der Waals surface area (Å²) in [4.78, 5) is 22.8. The van der Waals surface area contributed by atoms with Gasteiger partial charge in [0, 0.05) is 0 Å². The van der Waals surface area contributed by atoms with Gasteiger partial charge in [0.05, 0.1) is 18.6 Å². The van der Waals surface area contributed by atoms with Crippen LogP contribution in [0, 0.1) is 0 Å². The SMILES string of the molecule is CC(C)Oc1ccc(C(NN=C(N)N2NC(c3ccc(OC(C)C)cc3)N2)NC(CC(=O)O)C(=O)O)cc1. The van der Waals surface area contributed by atoms with Crippen molar-refractivity contribution in [1.29, 1.82) is 0 Å². The minimum atomic E-state index is -1.37. The van der Waals surface area contributed by atoms with Crippen molar-refractivity contribution in [3.8, 4) is 11.5 Å². The molecule has 0 aromatic heterocycles. The molecular weight excluding hydrogens is 494 g/mol. The van der Waals surface area contributed by atoms with E-state index in [-0.39, 0.29) is 24.3 Å². The molecule has 0 bridgehead atoms. The molecule has 1 heterocycles. The van der Waals surface area contributed by atoms with Crippen molar-refractivity contribution >= 4 is 17.9 Å². The van der Waals surface area contributed by atoms with Gasteiger partial charge in [-0.2, -0.15) is 10.9 Å². The van der Waals surface area contributed by atoms with Crippen LogP contribution in [-0.2, 0) is 9.59 Å². The van der Waals surface area contributed by atoms with Gasteiger partial charge in [-0.3, -0.25) is 20.3 Å². The Kier molecular flexibility index (Phi) is 9.71. The molecule has 2 atom stereocenters. The fraction of sp³-hybridized carbons (Fsp3) is 0.400. The van der Waals surface area contributed by atoms with Crippen molar-refractivity contribution < 1.29 is 29.3 Å². The Bertz CT molecular complexity index is 1100. The first-order valence-corrected chi connectivity index (χ1v) is 12.2. The highest BCUT2D eigenvalue weighted by molar-refractivity contribution is 5.80. The van der Waals surface area contributed by atoms with E-state index in [4.69, 9.17) is 20.3 Å². The molecule has 0 radical (unpaired) electrons. The van der Waals surface area contributed by atoms with Crippen LogP contribution < -0.4 is 36.8 Å². The Balaban J connectivity index is 1.67. The van der Waals surface area contributed by atoms with Gasteiger partial charge in [-0.05, 0) is 63.1 Å². The number of benzene rings is 2. The standard InChI is InChI=1S/C25H35N7O6/c1-14(2)37-18-9-5-16(6-10-18)22(27-20(24(35)36)13-21(33)34)28-29-25(26)32-30-23(31-32)17-7-11-19(12-8-17)38-15(3)4/h5-12,14-15,20,22-23,27-28,30-31H,13H2,1-4H3,(H2,26,29)(H,33,34)(H,35,36). The summed E-state index contributed by atoms with van der Waals surface area (Å²) >= 11 is 0. The Labute approximate surface area is 220 Å². The Hall–Kier alpha value is -4.07. The number of rotatable bonds is 13. The summed E-state index contributed by atoms with van der Waals surface area (Å²) in [6.07, 6.45) is -1.63. The maximum atomic E-state index is 11.7. The van der Waals surface area contributed by atoms with E-state index in [9.17, 15) is 14.7 Å². The smallest absolute Gasteiger partial charge is 0.321 e. The molecule has 1 saturated heterocycles. The molecule has 1 aliphatic heterocycles. The zero-order valence-corrected chi connectivity index (χ0v) is 21.7. The van der Waals surface area contributed by atoms with Crippen molar-refractivity contribution in [3.05, 3.63) is 59.7 Å². The number of hydrogen-bond acceptors (Lipinski definition) is 9. The lowest BCUT2D eigenvalue weighted by molar-refractivity contribution is -0.146. The molecule has 0 amide bonds. The van der Waals surface area contributed by atoms with Crippen LogP contribution in [0.5, 0.6) is 11.5 Å². The van der Waals surface area contributed by atoms with Gasteiger partial charge in [0.25, 0.3) is 0 Å². The van der Waals surface area contributed by atoms with Gasteiger partial charge >= 0.3 is 11.9 Å². The quantitative estimate of drug-likeness (QED) is 0.0863. The minimum absolute atomic E-state index is 0.0177. The summed E-state index contributed by atoms with van der Waals surface area (Å²) in [7, 11) is 0. The Morgan fingerprint density at radius 3 is 1.97 bits per heavy atom. The molecule has 2 aromatic rings. The largest absolute Gasteiger partial charge is 0.491 e. The van der Waals surface area contributed by atoms with Crippen LogP contribution in [-0.4, -0.2) is 51.5 Å². The summed E-state index contributed by atoms with van der Waals surface area (Å²) in [5, 5.41) is 27.0. The first-order valence-electron chi connectivity index (χ1n) is 12.2. The second-order valence-electron chi connectivity index (χ2n) is 9.19. The van der Waals surface area contributed by atoms with Crippen molar-refractivity contribution in [2.75, 3.05) is 0 Å². The van der Waals surface area contributed by atoms with E-state index in [1.165, 1.54) is 5.12 Å². The molecule has 8 N–H and O–H groups in total. The first-order chi connectivity index (χ1) is 18.0. The van der Waals surface area contributed by atoms with Crippen molar-refractivity contribution in [2.24, 2.45) is 10.8 Å². The number of carboxylic acids is 2. The molecule has 1 fully saturated rings. The molecule has 13 heteroatoms. The number of hydrazine groups is 2. The third-order valence-electron chi connectivity index (χ3n) is 5.27. The number of hydrogen-bond donors (Lipinski definition) is 7. The van der Waals surface area contributed by atoms with Crippen LogP contribution >= 0.6 is 0 Å². The topological polar surface area (TPSA) is 183 Å². The lowest BCUT2D eigenvalue weighted by Gasteiger charge is -2.41. The summed E-state index contributed by atoms with van der Waals surface area (Å²) in [6, 6.07) is 13.1. The summed E-state index contributed by atoms with van der Waals surface area (Å²) in [6.45, 7) is 7.72. The maximum Gasteiger partial charge on any atom is 0.321 e. The van der Waals surface area contributed by atoms with Crippen LogP contribution in [0.1, 0.15) is 57.6 Å². The van der Waals surface area contributed by atoms with Gasteiger partial charge in [-0.25, -0.2) is 5.12 Å². The predicted molar refractivity (Wildman–Crippen MR) is 140 cm³/mol. The number of nitrogens with zero attached hydrogens (tertiary/aromatic N) is 2. The Morgan fingerprint density at radius 1 is 0.974 bits per heavy atom. The molecule has 0 spiro atoms. The van der Waals surface area contributed by atoms with Gasteiger partial charge in [0.2, 0.25) is 5.96 Å². The third-order valence-corrected chi connectivity index (χ3v) is 5.27. The average molecular weight is 530 g/mol. The number of aliphatic carboxylic acids is 2. The zero-order chi connectivity index (χ0) is 27.8. The second-order valence-corrected chi connectivity index (χ2v) is 9.19. The maximum absolute atomic E-state index is 11.7. The van der Waals surface area contributed by atoms with E-state index in [2.05, 4.69) is 26.7 Å².